The minimum atomic E-state index is -1.03. The topological polar surface area (TPSA) is 48.4 Å². The maximum atomic E-state index is 7.60. The van der Waals surface area contributed by atoms with Crippen LogP contribution in [0.25, 0.3) is 0 Å². The molecule has 2 N–H and O–H groups in total. The van der Waals surface area contributed by atoms with E-state index in [9.17, 15) is 0 Å². The molecule has 0 saturated carbocycles. The van der Waals surface area contributed by atoms with Crippen LogP contribution >= 0.6 is 0 Å². The van der Waals surface area contributed by atoms with Crippen molar-refractivity contribution in [2.24, 2.45) is 0 Å². The number of hydrogen-bond acceptors (Lipinski definition) is 3. The molecule has 0 aliphatic carbocycles. The van der Waals surface area contributed by atoms with Crippen molar-refractivity contribution in [3.05, 3.63) is 12.4 Å². The van der Waals surface area contributed by atoms with E-state index in [0.29, 0.717) is 18.4 Å². The van der Waals surface area contributed by atoms with E-state index in [1.807, 2.05) is 0 Å². The molecule has 4 nitrogen and oxygen atoms in total. The van der Waals surface area contributed by atoms with Crippen LogP contribution in [0.5, 0.6) is 0 Å². The van der Waals surface area contributed by atoms with E-state index in [0.717, 1.165) is 12.7 Å². The van der Waals surface area contributed by atoms with Gasteiger partial charge in [-0.15, -0.1) is 0 Å². The van der Waals surface area contributed by atoms with Crippen LogP contribution in [0.4, 0.5) is 0 Å². The zero-order chi connectivity index (χ0) is 12.8. The summed E-state index contributed by atoms with van der Waals surface area (Å²) in [4.78, 5) is 1.71. The predicted octanol–water partition coefficient (Wildman–Crippen LogP) is 2.29. The van der Waals surface area contributed by atoms with Gasteiger partial charge in [0.05, 0.1) is 0 Å². The lowest BCUT2D eigenvalue weighted by Gasteiger charge is -2.25. The molecular weight excluding hydrogens is 218 g/mol. The Morgan fingerprint density at radius 1 is 1.44 bits per heavy atom. The summed E-state index contributed by atoms with van der Waals surface area (Å²) in [6, 6.07) is 1.14. The van der Waals surface area contributed by atoms with Gasteiger partial charge in [-0.05, 0) is 13.0 Å². The molecule has 0 bridgehead atoms. The molecule has 0 radical (unpaired) electrons. The molecule has 0 unspecified atom stereocenters. The number of nitrogens with one attached hydrogen (secondary N) is 2. The van der Waals surface area contributed by atoms with E-state index in [2.05, 4.69) is 31.5 Å². The van der Waals surface area contributed by atoms with E-state index in [1.165, 1.54) is 0 Å². The molecule has 0 aliphatic rings. The van der Waals surface area contributed by atoms with E-state index >= 15 is 0 Å². The van der Waals surface area contributed by atoms with Gasteiger partial charge in [0, 0.05) is 21.7 Å². The van der Waals surface area contributed by atoms with Crippen molar-refractivity contribution in [1.29, 1.82) is 5.41 Å². The molecule has 0 rings (SSSR count). The lowest BCUT2D eigenvalue weighted by molar-refractivity contribution is 0.0850. The maximum absolute atomic E-state index is 7.60. The number of nitrogens with zero attached hydrogens (tertiary/aromatic N) is 1. The van der Waals surface area contributed by atoms with Crippen LogP contribution in [-0.4, -0.2) is 39.2 Å². The van der Waals surface area contributed by atoms with Gasteiger partial charge in [0.15, 0.2) is 0 Å². The van der Waals surface area contributed by atoms with Crippen LogP contribution in [0, 0.1) is 5.41 Å². The highest BCUT2D eigenvalue weighted by Gasteiger charge is 2.13. The van der Waals surface area contributed by atoms with Gasteiger partial charge in [-0.25, -0.2) is 0 Å². The van der Waals surface area contributed by atoms with Gasteiger partial charge in [-0.2, -0.15) is 0 Å². The quantitative estimate of drug-likeness (QED) is 0.237. The molecule has 0 aromatic carbocycles. The zero-order valence-electron chi connectivity index (χ0n) is 11.2. The smallest absolute Gasteiger partial charge is 0.125 e. The third-order valence-electron chi connectivity index (χ3n) is 2.24. The fraction of sp³-hybridized carbons (Fsp3) is 0.727. The summed E-state index contributed by atoms with van der Waals surface area (Å²) >= 11 is 0. The fourth-order valence-electron chi connectivity index (χ4n) is 1.05. The summed E-state index contributed by atoms with van der Waals surface area (Å²) in [5.74, 6) is 1.13. The molecule has 0 saturated heterocycles. The second kappa shape index (κ2) is 6.70. The summed E-state index contributed by atoms with van der Waals surface area (Å²) in [5, 5.41) is 10.5. The summed E-state index contributed by atoms with van der Waals surface area (Å²) in [5.41, 5.74) is 0. The van der Waals surface area contributed by atoms with Crippen molar-refractivity contribution in [2.45, 2.75) is 32.6 Å². The lowest BCUT2D eigenvalue weighted by atomic mass is 10.5. The van der Waals surface area contributed by atoms with Gasteiger partial charge >= 0.3 is 0 Å². The summed E-state index contributed by atoms with van der Waals surface area (Å²) in [6.07, 6.45) is 0. The first kappa shape index (κ1) is 15.2. The largest absolute Gasteiger partial charge is 0.375 e. The Labute approximate surface area is 100 Å². The zero-order valence-corrected chi connectivity index (χ0v) is 12.2. The SMILES string of the molecule is C=C(NC)N(COCC[Si](C)(C)C)C(C)=N. The lowest BCUT2D eigenvalue weighted by Crippen LogP contribution is -2.35. The van der Waals surface area contributed by atoms with Crippen molar-refractivity contribution in [1.82, 2.24) is 10.2 Å². The summed E-state index contributed by atoms with van der Waals surface area (Å²) in [6.45, 7) is 13.7. The fourth-order valence-corrected chi connectivity index (χ4v) is 1.80. The van der Waals surface area contributed by atoms with Crippen LogP contribution < -0.4 is 5.32 Å². The third kappa shape index (κ3) is 6.63. The number of hydrogen-bond donors (Lipinski definition) is 2. The van der Waals surface area contributed by atoms with Crippen LogP contribution in [0.15, 0.2) is 12.4 Å². The molecule has 0 aromatic heterocycles. The van der Waals surface area contributed by atoms with E-state index in [1.54, 1.807) is 18.9 Å². The third-order valence-corrected chi connectivity index (χ3v) is 3.94. The van der Waals surface area contributed by atoms with Crippen LogP contribution in [0.2, 0.25) is 25.7 Å². The van der Waals surface area contributed by atoms with E-state index in [4.69, 9.17) is 10.1 Å². The van der Waals surface area contributed by atoms with Crippen LogP contribution in [0.3, 0.4) is 0 Å². The minimum absolute atomic E-state index is 0.402. The Hall–Kier alpha value is -0.813. The van der Waals surface area contributed by atoms with Gasteiger partial charge in [0.2, 0.25) is 0 Å². The van der Waals surface area contributed by atoms with Crippen molar-refractivity contribution in [3.63, 3.8) is 0 Å². The summed E-state index contributed by atoms with van der Waals surface area (Å²) < 4.78 is 5.58. The Bertz CT molecular complexity index is 248. The second-order valence-electron chi connectivity index (χ2n) is 5.06. The second-order valence-corrected chi connectivity index (χ2v) is 10.7. The molecule has 16 heavy (non-hydrogen) atoms. The molecule has 0 aliphatic heterocycles. The molecular formula is C11H25N3OSi. The van der Waals surface area contributed by atoms with Gasteiger partial charge < -0.3 is 10.1 Å². The van der Waals surface area contributed by atoms with Gasteiger partial charge in [-0.1, -0.05) is 26.2 Å². The number of ether oxygens (including phenoxy) is 1. The van der Waals surface area contributed by atoms with Gasteiger partial charge in [0.25, 0.3) is 0 Å². The number of amidine groups is 1. The van der Waals surface area contributed by atoms with Gasteiger partial charge in [-0.3, -0.25) is 10.3 Å². The molecule has 0 heterocycles. The van der Waals surface area contributed by atoms with Gasteiger partial charge in [0.1, 0.15) is 18.4 Å². The predicted molar refractivity (Wildman–Crippen MR) is 72.4 cm³/mol. The maximum Gasteiger partial charge on any atom is 0.125 e. The van der Waals surface area contributed by atoms with E-state index in [-0.39, 0.29) is 0 Å². The monoisotopic (exact) mass is 243 g/mol. The molecule has 0 atom stereocenters. The highest BCUT2D eigenvalue weighted by molar-refractivity contribution is 6.76. The highest BCUT2D eigenvalue weighted by Crippen LogP contribution is 2.08. The Balaban J connectivity index is 3.96. The normalized spacial score (nSPS) is 11.1. The van der Waals surface area contributed by atoms with Crippen molar-refractivity contribution in [2.75, 3.05) is 20.4 Å². The van der Waals surface area contributed by atoms with Crippen molar-refractivity contribution in [3.8, 4) is 0 Å². The molecule has 94 valence electrons. The molecule has 0 spiro atoms. The average Bonchev–Trinajstić information content (AvgIpc) is 2.14. The first-order valence-electron chi connectivity index (χ1n) is 5.55. The first-order valence-corrected chi connectivity index (χ1v) is 9.26. The van der Waals surface area contributed by atoms with Crippen LogP contribution in [-0.2, 0) is 4.74 Å². The molecule has 0 amide bonds. The Morgan fingerprint density at radius 3 is 2.38 bits per heavy atom. The summed E-state index contributed by atoms with van der Waals surface area (Å²) in [7, 11) is 0.765. The number of rotatable bonds is 7. The first-order chi connectivity index (χ1) is 7.28. The average molecular weight is 243 g/mol. The minimum Gasteiger partial charge on any atom is -0.375 e. The molecule has 5 heteroatoms. The van der Waals surface area contributed by atoms with Crippen molar-refractivity contribution < 1.29 is 4.74 Å². The molecule has 0 aromatic rings. The standard InChI is InChI=1S/C11H25N3OSi/c1-10(12)14(11(2)13-3)9-15-7-8-16(4,5)6/h12-13H,2,7-9H2,1,3-6H3. The highest BCUT2D eigenvalue weighted by atomic mass is 28.3. The van der Waals surface area contributed by atoms with Crippen LogP contribution in [0.1, 0.15) is 6.92 Å². The Kier molecular flexibility index (Phi) is 6.36. The van der Waals surface area contributed by atoms with E-state index < -0.39 is 8.07 Å². The molecule has 0 fully saturated rings. The van der Waals surface area contributed by atoms with Crippen molar-refractivity contribution >= 4 is 13.9 Å². The Morgan fingerprint density at radius 2 is 2.00 bits per heavy atom.